The van der Waals surface area contributed by atoms with E-state index in [-0.39, 0.29) is 5.69 Å². The van der Waals surface area contributed by atoms with Crippen LogP contribution in [0.2, 0.25) is 0 Å². The quantitative estimate of drug-likeness (QED) is 0.418. The van der Waals surface area contributed by atoms with Gasteiger partial charge in [0.1, 0.15) is 0 Å². The summed E-state index contributed by atoms with van der Waals surface area (Å²) in [6.07, 6.45) is 16.9. The van der Waals surface area contributed by atoms with E-state index >= 15 is 0 Å². The van der Waals surface area contributed by atoms with Crippen LogP contribution in [-0.2, 0) is 11.3 Å². The Labute approximate surface area is 225 Å². The van der Waals surface area contributed by atoms with Crippen LogP contribution in [0.5, 0.6) is 0 Å². The predicted octanol–water partition coefficient (Wildman–Crippen LogP) is 5.99. The summed E-state index contributed by atoms with van der Waals surface area (Å²) >= 11 is 0. The zero-order chi connectivity index (χ0) is 25.9. The molecule has 1 aliphatic heterocycles. The van der Waals surface area contributed by atoms with Gasteiger partial charge in [0.15, 0.2) is 0 Å². The van der Waals surface area contributed by atoms with Crippen molar-refractivity contribution >= 4 is 5.95 Å². The highest BCUT2D eigenvalue weighted by molar-refractivity contribution is 5.59. The Bertz CT molecular complexity index is 1280. The van der Waals surface area contributed by atoms with Crippen molar-refractivity contribution in [3.63, 3.8) is 0 Å². The van der Waals surface area contributed by atoms with Crippen molar-refractivity contribution in [1.82, 2.24) is 19.1 Å². The maximum atomic E-state index is 13.7. The van der Waals surface area contributed by atoms with Gasteiger partial charge in [-0.05, 0) is 74.6 Å². The second-order valence-electron chi connectivity index (χ2n) is 11.8. The number of rotatable bonds is 7. The Morgan fingerprint density at radius 1 is 1.00 bits per heavy atom. The number of aryl methyl sites for hydroxylation is 1. The van der Waals surface area contributed by atoms with E-state index in [1.807, 2.05) is 35.2 Å². The maximum Gasteiger partial charge on any atom is 0.333 e. The number of imidazole rings is 1. The Morgan fingerprint density at radius 3 is 2.58 bits per heavy atom. The SMILES string of the molecule is Cc1cccc(-n2c(-c3ccnc(NC4CCC(C5CCCCC5)CC4)n3)cn(CC3CCOC3)c2=O)c1. The van der Waals surface area contributed by atoms with E-state index in [4.69, 9.17) is 9.72 Å². The molecular weight excluding hydrogens is 474 g/mol. The fourth-order valence-corrected chi connectivity index (χ4v) is 6.92. The minimum absolute atomic E-state index is 0.0355. The van der Waals surface area contributed by atoms with E-state index in [9.17, 15) is 4.79 Å². The normalized spacial score (nSPS) is 24.5. The van der Waals surface area contributed by atoms with E-state index in [0.29, 0.717) is 31.1 Å². The molecule has 202 valence electrons. The molecule has 0 bridgehead atoms. The van der Waals surface area contributed by atoms with Crippen LogP contribution >= 0.6 is 0 Å². The Balaban J connectivity index is 1.23. The van der Waals surface area contributed by atoms with Crippen LogP contribution in [0.15, 0.2) is 47.5 Å². The van der Waals surface area contributed by atoms with E-state index in [1.54, 1.807) is 4.57 Å². The van der Waals surface area contributed by atoms with Crippen LogP contribution in [0.3, 0.4) is 0 Å². The second-order valence-corrected chi connectivity index (χ2v) is 11.8. The minimum Gasteiger partial charge on any atom is -0.381 e. The summed E-state index contributed by atoms with van der Waals surface area (Å²) in [6, 6.07) is 10.4. The fourth-order valence-electron chi connectivity index (χ4n) is 6.92. The van der Waals surface area contributed by atoms with Crippen LogP contribution in [-0.4, -0.2) is 38.4 Å². The number of aromatic nitrogens is 4. The first-order valence-corrected chi connectivity index (χ1v) is 14.7. The van der Waals surface area contributed by atoms with Gasteiger partial charge < -0.3 is 10.1 Å². The molecule has 1 saturated heterocycles. The van der Waals surface area contributed by atoms with Gasteiger partial charge in [0.2, 0.25) is 5.95 Å². The topological polar surface area (TPSA) is 74.0 Å². The van der Waals surface area contributed by atoms with Gasteiger partial charge in [0, 0.05) is 37.5 Å². The third-order valence-electron chi connectivity index (χ3n) is 9.03. The van der Waals surface area contributed by atoms with E-state index in [2.05, 4.69) is 29.4 Å². The first kappa shape index (κ1) is 25.4. The number of nitrogens with one attached hydrogen (secondary N) is 1. The van der Waals surface area contributed by atoms with Crippen LogP contribution in [0.1, 0.15) is 69.8 Å². The molecule has 2 aromatic heterocycles. The Hall–Kier alpha value is -2.93. The minimum atomic E-state index is -0.0355. The van der Waals surface area contributed by atoms with Crippen LogP contribution in [0.4, 0.5) is 5.95 Å². The highest BCUT2D eigenvalue weighted by atomic mass is 16.5. The molecule has 3 heterocycles. The van der Waals surface area contributed by atoms with Gasteiger partial charge >= 0.3 is 5.69 Å². The molecule has 1 unspecified atom stereocenters. The summed E-state index contributed by atoms with van der Waals surface area (Å²) in [7, 11) is 0. The highest BCUT2D eigenvalue weighted by Crippen LogP contribution is 2.38. The molecular formula is C31H41N5O2. The molecule has 0 radical (unpaired) electrons. The lowest BCUT2D eigenvalue weighted by Gasteiger charge is -2.36. The summed E-state index contributed by atoms with van der Waals surface area (Å²) in [5, 5.41) is 3.63. The molecule has 6 rings (SSSR count). The lowest BCUT2D eigenvalue weighted by molar-refractivity contribution is 0.182. The van der Waals surface area contributed by atoms with E-state index in [1.165, 1.54) is 57.8 Å². The van der Waals surface area contributed by atoms with Crippen molar-refractivity contribution in [1.29, 1.82) is 0 Å². The molecule has 1 N–H and O–H groups in total. The zero-order valence-corrected chi connectivity index (χ0v) is 22.6. The molecule has 38 heavy (non-hydrogen) atoms. The summed E-state index contributed by atoms with van der Waals surface area (Å²) in [4.78, 5) is 23.1. The number of ether oxygens (including phenoxy) is 1. The van der Waals surface area contributed by atoms with Crippen molar-refractivity contribution < 1.29 is 4.74 Å². The smallest absolute Gasteiger partial charge is 0.333 e. The first-order valence-electron chi connectivity index (χ1n) is 14.7. The van der Waals surface area contributed by atoms with Crippen molar-refractivity contribution in [2.75, 3.05) is 18.5 Å². The molecule has 2 aliphatic carbocycles. The zero-order valence-electron chi connectivity index (χ0n) is 22.6. The van der Waals surface area contributed by atoms with Crippen molar-refractivity contribution in [3.8, 4) is 17.1 Å². The van der Waals surface area contributed by atoms with Gasteiger partial charge in [-0.1, -0.05) is 44.2 Å². The van der Waals surface area contributed by atoms with Crippen molar-refractivity contribution in [2.24, 2.45) is 17.8 Å². The van der Waals surface area contributed by atoms with E-state index < -0.39 is 0 Å². The summed E-state index contributed by atoms with van der Waals surface area (Å²) in [6.45, 7) is 4.19. The Kier molecular flexibility index (Phi) is 7.63. The van der Waals surface area contributed by atoms with Gasteiger partial charge in [0.05, 0.1) is 23.7 Å². The summed E-state index contributed by atoms with van der Waals surface area (Å²) < 4.78 is 9.20. The summed E-state index contributed by atoms with van der Waals surface area (Å²) in [5.74, 6) is 2.86. The first-order chi connectivity index (χ1) is 18.6. The van der Waals surface area contributed by atoms with Gasteiger partial charge in [0.25, 0.3) is 0 Å². The fraction of sp³-hybridized carbons (Fsp3) is 0.581. The van der Waals surface area contributed by atoms with Crippen molar-refractivity contribution in [2.45, 2.75) is 83.7 Å². The maximum absolute atomic E-state index is 13.7. The molecule has 0 amide bonds. The second kappa shape index (κ2) is 11.4. The van der Waals surface area contributed by atoms with Gasteiger partial charge in [-0.25, -0.2) is 14.8 Å². The standard InChI is InChI=1S/C31H41N5O2/c1-22-6-5-9-27(18-22)36-29(20-35(31(36)37)19-23-15-17-38-21-23)28-14-16-32-30(34-28)33-26-12-10-25(11-13-26)24-7-3-2-4-8-24/h5-6,9,14,16,18,20,23-26H,2-4,7-8,10-13,15,17,19,21H2,1H3,(H,32,33,34). The van der Waals surface area contributed by atoms with Gasteiger partial charge in [-0.2, -0.15) is 0 Å². The third kappa shape index (κ3) is 5.58. The number of hydrogen-bond donors (Lipinski definition) is 1. The number of benzene rings is 1. The molecule has 1 aromatic carbocycles. The molecule has 0 spiro atoms. The number of hydrogen-bond acceptors (Lipinski definition) is 5. The van der Waals surface area contributed by atoms with Gasteiger partial charge in [-0.15, -0.1) is 0 Å². The molecule has 7 nitrogen and oxygen atoms in total. The molecule has 3 aliphatic rings. The molecule has 1 atom stereocenters. The largest absolute Gasteiger partial charge is 0.381 e. The lowest BCUT2D eigenvalue weighted by atomic mass is 9.72. The third-order valence-corrected chi connectivity index (χ3v) is 9.03. The molecule has 7 heteroatoms. The van der Waals surface area contributed by atoms with E-state index in [0.717, 1.165) is 47.5 Å². The monoisotopic (exact) mass is 515 g/mol. The number of nitrogens with zero attached hydrogens (tertiary/aromatic N) is 4. The number of anilines is 1. The lowest BCUT2D eigenvalue weighted by Crippen LogP contribution is -2.30. The predicted molar refractivity (Wildman–Crippen MR) is 151 cm³/mol. The molecule has 2 saturated carbocycles. The van der Waals surface area contributed by atoms with Gasteiger partial charge in [-0.3, -0.25) is 9.13 Å². The molecule has 3 aromatic rings. The average Bonchev–Trinajstić information content (AvgIpc) is 3.58. The van der Waals surface area contributed by atoms with Crippen molar-refractivity contribution in [3.05, 3.63) is 58.8 Å². The molecule has 3 fully saturated rings. The Morgan fingerprint density at radius 2 is 1.82 bits per heavy atom. The van der Waals surface area contributed by atoms with Crippen LogP contribution < -0.4 is 11.0 Å². The highest BCUT2D eigenvalue weighted by Gasteiger charge is 2.29. The van der Waals surface area contributed by atoms with Crippen LogP contribution in [0, 0.1) is 24.7 Å². The summed E-state index contributed by atoms with van der Waals surface area (Å²) in [5.41, 5.74) is 3.50. The van der Waals surface area contributed by atoms with Crippen LogP contribution in [0.25, 0.3) is 17.1 Å². The average molecular weight is 516 g/mol.